The Morgan fingerprint density at radius 1 is 1.32 bits per heavy atom. The lowest BCUT2D eigenvalue weighted by atomic mass is 9.97. The quantitative estimate of drug-likeness (QED) is 0.900. The summed E-state index contributed by atoms with van der Waals surface area (Å²) in [5.74, 6) is 1.58. The molecule has 0 aliphatic carbocycles. The molecule has 1 aromatic heterocycles. The summed E-state index contributed by atoms with van der Waals surface area (Å²) in [6.45, 7) is 4.51. The highest BCUT2D eigenvalue weighted by Gasteiger charge is 2.31. The van der Waals surface area contributed by atoms with Crippen LogP contribution in [0.1, 0.15) is 31.2 Å². The van der Waals surface area contributed by atoms with Crippen molar-refractivity contribution in [2.45, 2.75) is 44.7 Å². The molecular weight excluding hydrogens is 240 g/mol. The molecular formula is C14H22N4O. The van der Waals surface area contributed by atoms with E-state index in [9.17, 15) is 0 Å². The molecule has 0 saturated carbocycles. The molecule has 19 heavy (non-hydrogen) atoms. The Kier molecular flexibility index (Phi) is 3.55. The topological polar surface area (TPSA) is 50.3 Å². The molecule has 2 atom stereocenters. The van der Waals surface area contributed by atoms with Gasteiger partial charge < -0.3 is 15.0 Å². The van der Waals surface area contributed by atoms with E-state index in [1.165, 1.54) is 38.8 Å². The van der Waals surface area contributed by atoms with Crippen LogP contribution in [-0.4, -0.2) is 47.2 Å². The number of fused-ring (bicyclic) bond motifs is 1. The first-order valence-electron chi connectivity index (χ1n) is 7.14. The first kappa shape index (κ1) is 12.7. The molecule has 2 unspecified atom stereocenters. The Morgan fingerprint density at radius 3 is 3.05 bits per heavy atom. The zero-order valence-corrected chi connectivity index (χ0v) is 11.7. The largest absolute Gasteiger partial charge is 0.481 e. The number of ether oxygens (including phenoxy) is 1. The van der Waals surface area contributed by atoms with Crippen LogP contribution in [0.2, 0.25) is 0 Å². The molecule has 3 heterocycles. The van der Waals surface area contributed by atoms with E-state index >= 15 is 0 Å². The van der Waals surface area contributed by atoms with Crippen LogP contribution in [0.5, 0.6) is 5.88 Å². The molecule has 2 saturated heterocycles. The maximum absolute atomic E-state index is 5.24. The van der Waals surface area contributed by atoms with Gasteiger partial charge in [-0.25, -0.2) is 9.97 Å². The van der Waals surface area contributed by atoms with Crippen molar-refractivity contribution in [2.75, 3.05) is 25.5 Å². The molecule has 2 fully saturated rings. The Bertz CT molecular complexity index is 451. The minimum atomic E-state index is 0.526. The first-order valence-corrected chi connectivity index (χ1v) is 7.14. The van der Waals surface area contributed by atoms with Gasteiger partial charge in [0, 0.05) is 18.6 Å². The van der Waals surface area contributed by atoms with Crippen molar-refractivity contribution >= 4 is 5.82 Å². The van der Waals surface area contributed by atoms with Crippen molar-refractivity contribution < 1.29 is 4.74 Å². The fraction of sp³-hybridized carbons (Fsp3) is 0.714. The van der Waals surface area contributed by atoms with Gasteiger partial charge in [0.15, 0.2) is 0 Å². The minimum absolute atomic E-state index is 0.526. The number of methoxy groups -OCH3 is 1. The van der Waals surface area contributed by atoms with E-state index in [1.54, 1.807) is 13.4 Å². The van der Waals surface area contributed by atoms with Crippen LogP contribution in [-0.2, 0) is 0 Å². The van der Waals surface area contributed by atoms with Gasteiger partial charge in [-0.2, -0.15) is 0 Å². The molecule has 2 aliphatic rings. The summed E-state index contributed by atoms with van der Waals surface area (Å²) >= 11 is 0. The third-order valence-corrected chi connectivity index (χ3v) is 4.39. The number of piperidine rings is 1. The van der Waals surface area contributed by atoms with Crippen LogP contribution >= 0.6 is 0 Å². The van der Waals surface area contributed by atoms with Crippen LogP contribution in [0, 0.1) is 6.92 Å². The normalized spacial score (nSPS) is 27.1. The van der Waals surface area contributed by atoms with Crippen LogP contribution < -0.4 is 10.1 Å². The lowest BCUT2D eigenvalue weighted by Crippen LogP contribution is -2.42. The highest BCUT2D eigenvalue weighted by molar-refractivity contribution is 5.48. The van der Waals surface area contributed by atoms with Crippen molar-refractivity contribution in [3.63, 3.8) is 0 Å². The zero-order chi connectivity index (χ0) is 13.2. The number of anilines is 1. The highest BCUT2D eigenvalue weighted by Crippen LogP contribution is 2.29. The van der Waals surface area contributed by atoms with Gasteiger partial charge in [-0.05, 0) is 39.2 Å². The van der Waals surface area contributed by atoms with Crippen molar-refractivity contribution in [2.24, 2.45) is 0 Å². The van der Waals surface area contributed by atoms with E-state index in [1.807, 2.05) is 6.92 Å². The molecule has 5 nitrogen and oxygen atoms in total. The number of nitrogens with one attached hydrogen (secondary N) is 1. The summed E-state index contributed by atoms with van der Waals surface area (Å²) in [7, 11) is 1.65. The molecule has 0 amide bonds. The molecule has 2 aliphatic heterocycles. The summed E-state index contributed by atoms with van der Waals surface area (Å²) < 4.78 is 5.24. The number of nitrogens with zero attached hydrogens (tertiary/aromatic N) is 3. The zero-order valence-electron chi connectivity index (χ0n) is 11.7. The van der Waals surface area contributed by atoms with Crippen molar-refractivity contribution in [1.82, 2.24) is 14.9 Å². The van der Waals surface area contributed by atoms with E-state index in [4.69, 9.17) is 4.74 Å². The van der Waals surface area contributed by atoms with Gasteiger partial charge >= 0.3 is 0 Å². The Labute approximate surface area is 114 Å². The molecule has 3 rings (SSSR count). The summed E-state index contributed by atoms with van der Waals surface area (Å²) in [6.07, 6.45) is 6.70. The second-order valence-electron chi connectivity index (χ2n) is 5.55. The third-order valence-electron chi connectivity index (χ3n) is 4.39. The van der Waals surface area contributed by atoms with Gasteiger partial charge in [0.25, 0.3) is 0 Å². The summed E-state index contributed by atoms with van der Waals surface area (Å²) in [5.41, 5.74) is 0.999. The van der Waals surface area contributed by atoms with Crippen molar-refractivity contribution in [3.05, 3.63) is 11.9 Å². The summed E-state index contributed by atoms with van der Waals surface area (Å²) in [6, 6.07) is 1.30. The maximum Gasteiger partial charge on any atom is 0.221 e. The van der Waals surface area contributed by atoms with E-state index in [2.05, 4.69) is 20.2 Å². The summed E-state index contributed by atoms with van der Waals surface area (Å²) in [4.78, 5) is 11.1. The van der Waals surface area contributed by atoms with Crippen LogP contribution in [0.25, 0.3) is 0 Å². The van der Waals surface area contributed by atoms with Gasteiger partial charge in [0.2, 0.25) is 5.88 Å². The SMILES string of the molecule is COc1ncnc(NC2CCN3CCCC3C2)c1C. The highest BCUT2D eigenvalue weighted by atomic mass is 16.5. The molecule has 1 aromatic rings. The van der Waals surface area contributed by atoms with E-state index in [-0.39, 0.29) is 0 Å². The first-order chi connectivity index (χ1) is 9.28. The van der Waals surface area contributed by atoms with Crippen molar-refractivity contribution in [3.8, 4) is 5.88 Å². The lowest BCUT2D eigenvalue weighted by molar-refractivity contribution is 0.188. The van der Waals surface area contributed by atoms with Crippen LogP contribution in [0.15, 0.2) is 6.33 Å². The van der Waals surface area contributed by atoms with Crippen LogP contribution in [0.3, 0.4) is 0 Å². The number of aromatic nitrogens is 2. The Hall–Kier alpha value is -1.36. The third kappa shape index (κ3) is 2.52. The summed E-state index contributed by atoms with van der Waals surface area (Å²) in [5, 5.41) is 3.58. The molecule has 0 bridgehead atoms. The second-order valence-corrected chi connectivity index (χ2v) is 5.55. The standard InChI is InChI=1S/C14H22N4O/c1-10-13(15-9-16-14(10)19-2)17-11-5-7-18-6-3-4-12(18)8-11/h9,11-12H,3-8H2,1-2H3,(H,15,16,17). The maximum atomic E-state index is 5.24. The van der Waals surface area contributed by atoms with E-state index in [0.29, 0.717) is 11.9 Å². The molecule has 0 spiro atoms. The van der Waals surface area contributed by atoms with Crippen LogP contribution in [0.4, 0.5) is 5.82 Å². The molecule has 0 aromatic carbocycles. The lowest BCUT2D eigenvalue weighted by Gasteiger charge is -2.35. The van der Waals surface area contributed by atoms with Gasteiger partial charge in [-0.1, -0.05) is 0 Å². The van der Waals surface area contributed by atoms with Crippen molar-refractivity contribution in [1.29, 1.82) is 0 Å². The Balaban J connectivity index is 1.68. The minimum Gasteiger partial charge on any atom is -0.481 e. The molecule has 5 heteroatoms. The monoisotopic (exact) mass is 262 g/mol. The fourth-order valence-electron chi connectivity index (χ4n) is 3.33. The number of hydrogen-bond donors (Lipinski definition) is 1. The fourth-order valence-corrected chi connectivity index (χ4v) is 3.33. The van der Waals surface area contributed by atoms with Gasteiger partial charge in [-0.3, -0.25) is 0 Å². The number of rotatable bonds is 3. The van der Waals surface area contributed by atoms with E-state index < -0.39 is 0 Å². The van der Waals surface area contributed by atoms with E-state index in [0.717, 1.165) is 17.4 Å². The number of hydrogen-bond acceptors (Lipinski definition) is 5. The smallest absolute Gasteiger partial charge is 0.221 e. The average molecular weight is 262 g/mol. The molecule has 104 valence electrons. The van der Waals surface area contributed by atoms with Gasteiger partial charge in [0.1, 0.15) is 12.1 Å². The predicted molar refractivity (Wildman–Crippen MR) is 74.6 cm³/mol. The van der Waals surface area contributed by atoms with Gasteiger partial charge in [0.05, 0.1) is 12.7 Å². The Morgan fingerprint density at radius 2 is 2.21 bits per heavy atom. The molecule has 0 radical (unpaired) electrons. The molecule has 1 N–H and O–H groups in total. The second kappa shape index (κ2) is 5.33. The predicted octanol–water partition coefficient (Wildman–Crippen LogP) is 1.83. The van der Waals surface area contributed by atoms with Gasteiger partial charge in [-0.15, -0.1) is 0 Å². The average Bonchev–Trinajstić information content (AvgIpc) is 2.88.